The first-order valence-corrected chi connectivity index (χ1v) is 17.5. The fourth-order valence-corrected chi connectivity index (χ4v) is 6.31. The summed E-state index contributed by atoms with van der Waals surface area (Å²) in [4.78, 5) is 43.7. The first-order valence-electron chi connectivity index (χ1n) is 14.6. The quantitative estimate of drug-likeness (QED) is 0.155. The number of nitrogens with zero attached hydrogens (tertiary/aromatic N) is 2. The highest BCUT2D eigenvalue weighted by molar-refractivity contribution is 6.74. The van der Waals surface area contributed by atoms with Crippen LogP contribution in [0.1, 0.15) is 48.2 Å². The molecule has 0 spiro atoms. The molecule has 2 aromatic carbocycles. The Morgan fingerprint density at radius 2 is 1.68 bits per heavy atom. The van der Waals surface area contributed by atoms with E-state index in [1.165, 1.54) is 26.2 Å². The summed E-state index contributed by atoms with van der Waals surface area (Å²) < 4.78 is 33.4. The average Bonchev–Trinajstić information content (AvgIpc) is 3.71. The second-order valence-corrected chi connectivity index (χ2v) is 17.4. The maximum atomic E-state index is 14.4. The molecule has 0 N–H and O–H groups in total. The van der Waals surface area contributed by atoms with E-state index in [1.54, 1.807) is 19.2 Å². The van der Waals surface area contributed by atoms with Crippen LogP contribution in [-0.4, -0.2) is 91.5 Å². The summed E-state index contributed by atoms with van der Waals surface area (Å²) in [6.07, 6.45) is -0.570. The zero-order chi connectivity index (χ0) is 32.4. The van der Waals surface area contributed by atoms with Crippen molar-refractivity contribution in [3.8, 4) is 11.5 Å². The molecule has 2 heterocycles. The van der Waals surface area contributed by atoms with Crippen molar-refractivity contribution in [2.75, 3.05) is 53.3 Å². The highest BCUT2D eigenvalue weighted by Crippen LogP contribution is 2.47. The number of benzene rings is 2. The van der Waals surface area contributed by atoms with Crippen LogP contribution in [0, 0.1) is 0 Å². The normalized spacial score (nSPS) is 19.8. The number of fused-ring (bicyclic) bond motifs is 2. The minimum atomic E-state index is -2.31. The predicted octanol–water partition coefficient (Wildman–Crippen LogP) is 4.98. The summed E-state index contributed by atoms with van der Waals surface area (Å²) in [5.41, 5.74) is 2.40. The fraction of sp³-hybridized carbons (Fsp3) is 0.531. The maximum Gasteiger partial charge on any atom is 0.410 e. The van der Waals surface area contributed by atoms with Gasteiger partial charge in [0.05, 0.1) is 38.9 Å². The van der Waals surface area contributed by atoms with Crippen LogP contribution in [0.4, 0.5) is 10.5 Å². The lowest BCUT2D eigenvalue weighted by Gasteiger charge is -2.38. The Kier molecular flexibility index (Phi) is 9.96. The molecule has 2 aromatic rings. The van der Waals surface area contributed by atoms with E-state index in [9.17, 15) is 14.4 Å². The lowest BCUT2D eigenvalue weighted by molar-refractivity contribution is -0.121. The van der Waals surface area contributed by atoms with Crippen molar-refractivity contribution in [1.82, 2.24) is 4.90 Å². The zero-order valence-electron chi connectivity index (χ0n) is 27.1. The topological polar surface area (TPSA) is 113 Å². The molecule has 2 aliphatic rings. The summed E-state index contributed by atoms with van der Waals surface area (Å²) in [6, 6.07) is 9.83. The minimum Gasteiger partial charge on any atom is -0.497 e. The van der Waals surface area contributed by atoms with Crippen molar-refractivity contribution >= 4 is 31.9 Å². The van der Waals surface area contributed by atoms with Crippen molar-refractivity contribution in [2.24, 2.45) is 0 Å². The third-order valence-corrected chi connectivity index (χ3v) is 13.4. The van der Waals surface area contributed by atoms with E-state index in [2.05, 4.69) is 38.8 Å². The van der Waals surface area contributed by atoms with Crippen molar-refractivity contribution in [1.29, 1.82) is 0 Å². The molecule has 1 saturated heterocycles. The molecule has 240 valence electrons. The molecular formula is C32H44N2O9Si. The van der Waals surface area contributed by atoms with Gasteiger partial charge in [0.1, 0.15) is 17.5 Å². The molecule has 12 heteroatoms. The average molecular weight is 629 g/mol. The Labute approximate surface area is 260 Å². The number of esters is 1. The monoisotopic (exact) mass is 628 g/mol. The lowest BCUT2D eigenvalue weighted by atomic mass is 9.87. The van der Waals surface area contributed by atoms with Crippen molar-refractivity contribution < 1.29 is 42.5 Å². The van der Waals surface area contributed by atoms with Crippen LogP contribution in [0.5, 0.6) is 11.5 Å². The number of hydrogen-bond acceptors (Lipinski definition) is 10. The van der Waals surface area contributed by atoms with E-state index in [0.29, 0.717) is 30.1 Å². The standard InChI is InChI=1S/C32H44N2O9Si/c1-32(2,3)44(8,9)43-18-23-27-24(14-21(30(36)40-6)15-26(27)42-19-38-4)33(16-20-10-12-22(39-5)13-11-20)17-25-28(29(23)35)34(25)31(37)41-7/h10-15,23,25,28H,16-19H2,1-9H3/t23-,25-,28-,34?/m0/s1. The van der Waals surface area contributed by atoms with E-state index >= 15 is 0 Å². The van der Waals surface area contributed by atoms with Crippen LogP contribution in [0.3, 0.4) is 0 Å². The minimum absolute atomic E-state index is 0.0812. The number of hydrogen-bond donors (Lipinski definition) is 0. The second kappa shape index (κ2) is 13.2. The van der Waals surface area contributed by atoms with E-state index in [-0.39, 0.29) is 29.8 Å². The largest absolute Gasteiger partial charge is 0.497 e. The Bertz CT molecular complexity index is 1370. The van der Waals surface area contributed by atoms with Crippen LogP contribution in [-0.2, 0) is 30.0 Å². The van der Waals surface area contributed by atoms with Gasteiger partial charge >= 0.3 is 12.1 Å². The van der Waals surface area contributed by atoms with Gasteiger partial charge in [-0.25, -0.2) is 9.59 Å². The van der Waals surface area contributed by atoms with E-state index < -0.39 is 38.4 Å². The predicted molar refractivity (Wildman–Crippen MR) is 167 cm³/mol. The Morgan fingerprint density at radius 1 is 1.00 bits per heavy atom. The number of Topliss-reactive ketones (excluding diaryl/α,β-unsaturated/α-hetero) is 1. The Hall–Kier alpha value is -3.61. The van der Waals surface area contributed by atoms with Gasteiger partial charge in [-0.3, -0.25) is 9.69 Å². The molecular weight excluding hydrogens is 584 g/mol. The second-order valence-electron chi connectivity index (χ2n) is 12.6. The number of rotatable bonds is 10. The zero-order valence-corrected chi connectivity index (χ0v) is 28.1. The third kappa shape index (κ3) is 6.72. The van der Waals surface area contributed by atoms with Gasteiger partial charge in [0.15, 0.2) is 20.9 Å². The third-order valence-electron chi connectivity index (χ3n) is 8.87. The SMILES string of the molecule is COCOc1cc(C(=O)OC)cc2c1[C@H](CO[Si](C)(C)C(C)(C)C)C(=O)[C@@H]1[C@H](CN2Cc2ccc(OC)cc2)N1C(=O)OC. The molecule has 4 rings (SSSR count). The van der Waals surface area contributed by atoms with Gasteiger partial charge in [-0.05, 0) is 48.0 Å². The van der Waals surface area contributed by atoms with Gasteiger partial charge in [-0.15, -0.1) is 0 Å². The van der Waals surface area contributed by atoms with Crippen molar-refractivity contribution in [2.45, 2.75) is 63.4 Å². The highest BCUT2D eigenvalue weighted by atomic mass is 28.4. The van der Waals surface area contributed by atoms with Crippen molar-refractivity contribution in [3.63, 3.8) is 0 Å². The number of ether oxygens (including phenoxy) is 5. The van der Waals surface area contributed by atoms with Gasteiger partial charge in [-0.1, -0.05) is 32.9 Å². The summed E-state index contributed by atoms with van der Waals surface area (Å²) in [5.74, 6) is -0.499. The Balaban J connectivity index is 1.93. The van der Waals surface area contributed by atoms with Crippen LogP contribution >= 0.6 is 0 Å². The lowest BCUT2D eigenvalue weighted by Crippen LogP contribution is -2.43. The molecule has 0 aliphatic carbocycles. The van der Waals surface area contributed by atoms with E-state index in [1.807, 2.05) is 24.3 Å². The van der Waals surface area contributed by atoms with Crippen LogP contribution in [0.2, 0.25) is 18.1 Å². The maximum absolute atomic E-state index is 14.4. The molecule has 0 bridgehead atoms. The van der Waals surface area contributed by atoms with Crippen LogP contribution in [0.15, 0.2) is 36.4 Å². The molecule has 44 heavy (non-hydrogen) atoms. The van der Waals surface area contributed by atoms with Crippen molar-refractivity contribution in [3.05, 3.63) is 53.1 Å². The molecule has 0 saturated carbocycles. The smallest absolute Gasteiger partial charge is 0.410 e. The van der Waals surface area contributed by atoms with Crippen LogP contribution in [0.25, 0.3) is 0 Å². The molecule has 1 fully saturated rings. The number of anilines is 1. The molecule has 1 amide bonds. The first-order chi connectivity index (χ1) is 20.8. The molecule has 11 nitrogen and oxygen atoms in total. The number of carbonyl (C=O) groups excluding carboxylic acids is 3. The number of ketones is 1. The molecule has 0 radical (unpaired) electrons. The summed E-state index contributed by atoms with van der Waals surface area (Å²) in [7, 11) is 3.41. The van der Waals surface area contributed by atoms with Gasteiger partial charge in [-0.2, -0.15) is 0 Å². The van der Waals surface area contributed by atoms with Gasteiger partial charge < -0.3 is 33.0 Å². The number of carbonyl (C=O) groups is 3. The summed E-state index contributed by atoms with van der Waals surface area (Å²) in [5, 5.41) is -0.106. The van der Waals surface area contributed by atoms with Gasteiger partial charge in [0.25, 0.3) is 0 Å². The Morgan fingerprint density at radius 3 is 2.25 bits per heavy atom. The number of amides is 1. The summed E-state index contributed by atoms with van der Waals surface area (Å²) >= 11 is 0. The highest BCUT2D eigenvalue weighted by Gasteiger charge is 2.60. The van der Waals surface area contributed by atoms with Gasteiger partial charge in [0.2, 0.25) is 0 Å². The fourth-order valence-electron chi connectivity index (χ4n) is 5.30. The van der Waals surface area contributed by atoms with E-state index in [4.69, 9.17) is 28.1 Å². The van der Waals surface area contributed by atoms with Gasteiger partial charge in [0, 0.05) is 38.1 Å². The molecule has 2 aliphatic heterocycles. The molecule has 3 atom stereocenters. The number of methoxy groups -OCH3 is 4. The molecule has 0 aromatic heterocycles. The van der Waals surface area contributed by atoms with E-state index in [0.717, 1.165) is 11.3 Å². The summed E-state index contributed by atoms with van der Waals surface area (Å²) in [6.45, 7) is 11.3. The first kappa shape index (κ1) is 33.3. The molecule has 0 unspecified atom stereocenters. The van der Waals surface area contributed by atoms with Crippen LogP contribution < -0.4 is 14.4 Å².